The molecule has 2 rings (SSSR count). The SMILES string of the molecule is Cc1[nH]c(=O)sc1C(=O)Nc1ncccn1. The summed E-state index contributed by atoms with van der Waals surface area (Å²) >= 11 is 0.863. The highest BCUT2D eigenvalue weighted by molar-refractivity contribution is 7.11. The lowest BCUT2D eigenvalue weighted by Gasteiger charge is -2.00. The Morgan fingerprint density at radius 1 is 1.44 bits per heavy atom. The second kappa shape index (κ2) is 4.23. The van der Waals surface area contributed by atoms with E-state index in [0.717, 1.165) is 11.3 Å². The molecular formula is C9H8N4O2S. The fourth-order valence-electron chi connectivity index (χ4n) is 1.14. The summed E-state index contributed by atoms with van der Waals surface area (Å²) < 4.78 is 0. The molecule has 82 valence electrons. The van der Waals surface area contributed by atoms with Crippen LogP contribution in [-0.4, -0.2) is 20.9 Å². The topological polar surface area (TPSA) is 87.7 Å². The highest BCUT2D eigenvalue weighted by Crippen LogP contribution is 2.09. The summed E-state index contributed by atoms with van der Waals surface area (Å²) in [5.41, 5.74) is 0.545. The standard InChI is InChI=1S/C9H8N4O2S/c1-5-6(16-9(15)12-5)7(14)13-8-10-3-2-4-11-8/h2-4H,1H3,(H,12,15)(H,10,11,13,14). The Morgan fingerprint density at radius 2 is 2.12 bits per heavy atom. The summed E-state index contributed by atoms with van der Waals surface area (Å²) in [6.07, 6.45) is 3.05. The number of H-pyrrole nitrogens is 1. The average molecular weight is 236 g/mol. The lowest BCUT2D eigenvalue weighted by Crippen LogP contribution is -2.13. The maximum absolute atomic E-state index is 11.7. The van der Waals surface area contributed by atoms with E-state index in [1.807, 2.05) is 0 Å². The van der Waals surface area contributed by atoms with Gasteiger partial charge in [0.1, 0.15) is 4.88 Å². The van der Waals surface area contributed by atoms with Crippen LogP contribution >= 0.6 is 11.3 Å². The number of nitrogens with zero attached hydrogens (tertiary/aromatic N) is 2. The molecule has 6 nitrogen and oxygen atoms in total. The molecule has 0 spiro atoms. The molecule has 0 atom stereocenters. The molecule has 0 radical (unpaired) electrons. The van der Waals surface area contributed by atoms with Crippen molar-refractivity contribution in [2.75, 3.05) is 5.32 Å². The first-order valence-electron chi connectivity index (χ1n) is 4.45. The molecule has 1 amide bonds. The van der Waals surface area contributed by atoms with E-state index in [1.165, 1.54) is 12.4 Å². The normalized spacial score (nSPS) is 10.1. The Balaban J connectivity index is 2.21. The molecule has 16 heavy (non-hydrogen) atoms. The van der Waals surface area contributed by atoms with Gasteiger partial charge in [-0.1, -0.05) is 11.3 Å². The quantitative estimate of drug-likeness (QED) is 0.806. The van der Waals surface area contributed by atoms with E-state index in [2.05, 4.69) is 20.3 Å². The molecular weight excluding hydrogens is 228 g/mol. The van der Waals surface area contributed by atoms with Gasteiger partial charge in [0.2, 0.25) is 5.95 Å². The number of aryl methyl sites for hydroxylation is 1. The van der Waals surface area contributed by atoms with Crippen LogP contribution in [0.15, 0.2) is 23.3 Å². The molecule has 0 aliphatic rings. The molecule has 2 aromatic heterocycles. The number of carbonyl (C=O) groups excluding carboxylic acids is 1. The number of anilines is 1. The van der Waals surface area contributed by atoms with E-state index >= 15 is 0 Å². The molecule has 0 bridgehead atoms. The number of nitrogens with one attached hydrogen (secondary N) is 2. The van der Waals surface area contributed by atoms with Crippen LogP contribution in [0.25, 0.3) is 0 Å². The van der Waals surface area contributed by atoms with Crippen LogP contribution in [0.1, 0.15) is 15.4 Å². The van der Waals surface area contributed by atoms with Crippen molar-refractivity contribution in [3.05, 3.63) is 38.7 Å². The van der Waals surface area contributed by atoms with E-state index in [-0.39, 0.29) is 16.7 Å². The predicted octanol–water partition coefficient (Wildman–Crippen LogP) is 0.787. The van der Waals surface area contributed by atoms with Crippen molar-refractivity contribution >= 4 is 23.2 Å². The van der Waals surface area contributed by atoms with Gasteiger partial charge in [-0.3, -0.25) is 14.9 Å². The molecule has 7 heteroatoms. The molecule has 0 aromatic carbocycles. The van der Waals surface area contributed by atoms with Gasteiger partial charge < -0.3 is 4.98 Å². The van der Waals surface area contributed by atoms with Crippen LogP contribution in [0.3, 0.4) is 0 Å². The van der Waals surface area contributed by atoms with Crippen molar-refractivity contribution in [2.24, 2.45) is 0 Å². The Morgan fingerprint density at radius 3 is 2.69 bits per heavy atom. The van der Waals surface area contributed by atoms with Gasteiger partial charge in [-0.15, -0.1) is 0 Å². The number of hydrogen-bond donors (Lipinski definition) is 2. The lowest BCUT2D eigenvalue weighted by molar-refractivity contribution is 0.102. The maximum Gasteiger partial charge on any atom is 0.305 e. The van der Waals surface area contributed by atoms with E-state index < -0.39 is 0 Å². The van der Waals surface area contributed by atoms with Gasteiger partial charge in [-0.25, -0.2) is 9.97 Å². The van der Waals surface area contributed by atoms with Crippen molar-refractivity contribution in [3.63, 3.8) is 0 Å². The van der Waals surface area contributed by atoms with Gasteiger partial charge in [0.25, 0.3) is 5.91 Å². The number of carbonyl (C=O) groups is 1. The second-order valence-electron chi connectivity index (χ2n) is 3.00. The van der Waals surface area contributed by atoms with Crippen LogP contribution in [0.5, 0.6) is 0 Å². The molecule has 0 aliphatic heterocycles. The summed E-state index contributed by atoms with van der Waals surface area (Å²) in [5.74, 6) is -0.167. The fourth-order valence-corrected chi connectivity index (χ4v) is 1.88. The van der Waals surface area contributed by atoms with Gasteiger partial charge in [-0.05, 0) is 13.0 Å². The number of hydrogen-bond acceptors (Lipinski definition) is 5. The molecule has 0 aliphatic carbocycles. The number of aromatic nitrogens is 3. The van der Waals surface area contributed by atoms with Crippen LogP contribution in [0.4, 0.5) is 5.95 Å². The largest absolute Gasteiger partial charge is 0.316 e. The van der Waals surface area contributed by atoms with Crippen molar-refractivity contribution in [2.45, 2.75) is 6.92 Å². The average Bonchev–Trinajstić information content (AvgIpc) is 2.59. The van der Waals surface area contributed by atoms with E-state index in [1.54, 1.807) is 13.0 Å². The zero-order valence-corrected chi connectivity index (χ0v) is 9.17. The zero-order chi connectivity index (χ0) is 11.5. The van der Waals surface area contributed by atoms with Crippen LogP contribution in [-0.2, 0) is 0 Å². The van der Waals surface area contributed by atoms with Crippen LogP contribution in [0, 0.1) is 6.92 Å². The summed E-state index contributed by atoms with van der Waals surface area (Å²) in [7, 11) is 0. The summed E-state index contributed by atoms with van der Waals surface area (Å²) in [4.78, 5) is 33.1. The molecule has 0 unspecified atom stereocenters. The van der Waals surface area contributed by atoms with E-state index in [0.29, 0.717) is 10.6 Å². The first-order chi connectivity index (χ1) is 7.66. The second-order valence-corrected chi connectivity index (χ2v) is 3.98. The summed E-state index contributed by atoms with van der Waals surface area (Å²) in [5, 5.41) is 2.50. The molecule has 2 heterocycles. The van der Waals surface area contributed by atoms with Crippen LogP contribution < -0.4 is 10.2 Å². The number of thiazole rings is 1. The molecule has 2 aromatic rings. The number of aromatic amines is 1. The predicted molar refractivity (Wildman–Crippen MR) is 59.7 cm³/mol. The first-order valence-corrected chi connectivity index (χ1v) is 5.26. The molecule has 0 saturated carbocycles. The Hall–Kier alpha value is -2.02. The summed E-state index contributed by atoms with van der Waals surface area (Å²) in [6, 6.07) is 1.65. The zero-order valence-electron chi connectivity index (χ0n) is 8.35. The molecule has 0 saturated heterocycles. The molecule has 0 fully saturated rings. The maximum atomic E-state index is 11.7. The highest BCUT2D eigenvalue weighted by Gasteiger charge is 2.13. The number of rotatable bonds is 2. The third-order valence-electron chi connectivity index (χ3n) is 1.82. The van der Waals surface area contributed by atoms with Gasteiger partial charge >= 0.3 is 4.87 Å². The minimum atomic E-state index is -0.382. The molecule has 2 N–H and O–H groups in total. The van der Waals surface area contributed by atoms with Crippen LogP contribution in [0.2, 0.25) is 0 Å². The summed E-state index contributed by atoms with van der Waals surface area (Å²) in [6.45, 7) is 1.67. The minimum absolute atomic E-state index is 0.216. The Labute approximate surface area is 94.4 Å². The van der Waals surface area contributed by atoms with Crippen molar-refractivity contribution in [1.29, 1.82) is 0 Å². The van der Waals surface area contributed by atoms with Gasteiger partial charge in [-0.2, -0.15) is 0 Å². The lowest BCUT2D eigenvalue weighted by atomic mass is 10.4. The monoisotopic (exact) mass is 236 g/mol. The van der Waals surface area contributed by atoms with Gasteiger partial charge in [0, 0.05) is 18.1 Å². The Bertz CT molecular complexity index is 560. The third-order valence-corrected chi connectivity index (χ3v) is 2.81. The van der Waals surface area contributed by atoms with Crippen molar-refractivity contribution in [3.8, 4) is 0 Å². The third kappa shape index (κ3) is 2.14. The first kappa shape index (κ1) is 10.5. The van der Waals surface area contributed by atoms with E-state index in [4.69, 9.17) is 0 Å². The smallest absolute Gasteiger partial charge is 0.305 e. The highest BCUT2D eigenvalue weighted by atomic mass is 32.1. The fraction of sp³-hybridized carbons (Fsp3) is 0.111. The van der Waals surface area contributed by atoms with Crippen molar-refractivity contribution < 1.29 is 4.79 Å². The van der Waals surface area contributed by atoms with Gasteiger partial charge in [0.15, 0.2) is 0 Å². The Kier molecular flexibility index (Phi) is 2.78. The number of amides is 1. The minimum Gasteiger partial charge on any atom is -0.316 e. The van der Waals surface area contributed by atoms with Crippen molar-refractivity contribution in [1.82, 2.24) is 15.0 Å². The van der Waals surface area contributed by atoms with E-state index in [9.17, 15) is 9.59 Å². The van der Waals surface area contributed by atoms with Gasteiger partial charge in [0.05, 0.1) is 0 Å².